The van der Waals surface area contributed by atoms with Crippen molar-refractivity contribution in [1.82, 2.24) is 5.32 Å². The van der Waals surface area contributed by atoms with Crippen molar-refractivity contribution in [3.63, 3.8) is 0 Å². The first-order valence-electron chi connectivity index (χ1n) is 5.51. The Labute approximate surface area is 115 Å². The van der Waals surface area contributed by atoms with Gasteiger partial charge in [-0.3, -0.25) is 0 Å². The molecule has 2 aromatic rings. The minimum atomic E-state index is -0.238. The highest BCUT2D eigenvalue weighted by atomic mass is 35.5. The molecule has 2 amide bonds. The lowest BCUT2D eigenvalue weighted by molar-refractivity contribution is 0.249. The van der Waals surface area contributed by atoms with Gasteiger partial charge < -0.3 is 10.6 Å². The highest BCUT2D eigenvalue weighted by Crippen LogP contribution is 2.19. The molecular weight excluding hydrogens is 268 g/mol. The van der Waals surface area contributed by atoms with Gasteiger partial charge >= 0.3 is 6.03 Å². The van der Waals surface area contributed by atoms with Crippen LogP contribution in [-0.2, 0) is 0 Å². The van der Waals surface area contributed by atoms with Gasteiger partial charge in [-0.15, -0.1) is 11.3 Å². The topological polar surface area (TPSA) is 41.1 Å². The number of carbonyl (C=O) groups excluding carboxylic acids is 1. The number of benzene rings is 1. The first-order chi connectivity index (χ1) is 8.65. The van der Waals surface area contributed by atoms with Gasteiger partial charge in [-0.05, 0) is 36.6 Å². The van der Waals surface area contributed by atoms with Crippen molar-refractivity contribution in [2.45, 2.75) is 13.0 Å². The van der Waals surface area contributed by atoms with E-state index >= 15 is 0 Å². The van der Waals surface area contributed by atoms with Gasteiger partial charge in [0.15, 0.2) is 0 Å². The van der Waals surface area contributed by atoms with E-state index in [1.165, 1.54) is 0 Å². The Bertz CT molecular complexity index is 528. The predicted octanol–water partition coefficient (Wildman–Crippen LogP) is 4.28. The Morgan fingerprint density at radius 2 is 2.17 bits per heavy atom. The number of anilines is 1. The summed E-state index contributed by atoms with van der Waals surface area (Å²) in [5.41, 5.74) is 0.679. The van der Waals surface area contributed by atoms with E-state index in [-0.39, 0.29) is 12.1 Å². The first-order valence-corrected chi connectivity index (χ1v) is 6.77. The fraction of sp³-hybridized carbons (Fsp3) is 0.154. The Morgan fingerprint density at radius 3 is 2.83 bits per heavy atom. The van der Waals surface area contributed by atoms with Crippen LogP contribution in [0.25, 0.3) is 0 Å². The number of rotatable bonds is 3. The Morgan fingerprint density at radius 1 is 1.33 bits per heavy atom. The zero-order chi connectivity index (χ0) is 13.0. The fourth-order valence-electron chi connectivity index (χ4n) is 1.54. The van der Waals surface area contributed by atoms with Crippen molar-refractivity contribution in [1.29, 1.82) is 0 Å². The normalized spacial score (nSPS) is 11.9. The molecule has 5 heteroatoms. The predicted molar refractivity (Wildman–Crippen MR) is 76.3 cm³/mol. The summed E-state index contributed by atoms with van der Waals surface area (Å²) in [5.74, 6) is 0. The second kappa shape index (κ2) is 5.89. The Hall–Kier alpha value is -1.52. The summed E-state index contributed by atoms with van der Waals surface area (Å²) in [4.78, 5) is 12.9. The number of hydrogen-bond donors (Lipinski definition) is 2. The Kier molecular flexibility index (Phi) is 4.23. The summed E-state index contributed by atoms with van der Waals surface area (Å²) in [5, 5.41) is 8.20. The van der Waals surface area contributed by atoms with Crippen LogP contribution in [0.5, 0.6) is 0 Å². The number of amides is 2. The molecule has 0 saturated heterocycles. The monoisotopic (exact) mass is 280 g/mol. The minimum Gasteiger partial charge on any atom is -0.331 e. The molecule has 18 heavy (non-hydrogen) atoms. The average molecular weight is 281 g/mol. The van der Waals surface area contributed by atoms with Crippen molar-refractivity contribution in [3.05, 3.63) is 51.7 Å². The van der Waals surface area contributed by atoms with Crippen molar-refractivity contribution >= 4 is 34.7 Å². The maximum absolute atomic E-state index is 11.8. The lowest BCUT2D eigenvalue weighted by Gasteiger charge is -2.13. The first kappa shape index (κ1) is 12.9. The van der Waals surface area contributed by atoms with Crippen LogP contribution in [0.4, 0.5) is 10.5 Å². The third kappa shape index (κ3) is 3.48. The zero-order valence-corrected chi connectivity index (χ0v) is 11.4. The van der Waals surface area contributed by atoms with Gasteiger partial charge in [0.2, 0.25) is 0 Å². The molecule has 0 saturated carbocycles. The van der Waals surface area contributed by atoms with E-state index in [0.29, 0.717) is 10.7 Å². The third-order valence-corrected chi connectivity index (χ3v) is 3.69. The summed E-state index contributed by atoms with van der Waals surface area (Å²) in [6.45, 7) is 1.95. The van der Waals surface area contributed by atoms with Gasteiger partial charge in [-0.1, -0.05) is 23.7 Å². The van der Waals surface area contributed by atoms with Crippen LogP contribution in [0.3, 0.4) is 0 Å². The fourth-order valence-corrected chi connectivity index (χ4v) is 2.46. The number of hydrogen-bond acceptors (Lipinski definition) is 2. The highest BCUT2D eigenvalue weighted by Gasteiger charge is 2.10. The van der Waals surface area contributed by atoms with Crippen LogP contribution in [-0.4, -0.2) is 6.03 Å². The molecule has 2 N–H and O–H groups in total. The summed E-state index contributed by atoms with van der Waals surface area (Å²) in [7, 11) is 0. The molecule has 3 nitrogen and oxygen atoms in total. The van der Waals surface area contributed by atoms with Gasteiger partial charge in [0.1, 0.15) is 0 Å². The van der Waals surface area contributed by atoms with Crippen LogP contribution >= 0.6 is 22.9 Å². The van der Waals surface area contributed by atoms with Crippen molar-refractivity contribution in [3.8, 4) is 0 Å². The molecule has 1 aromatic heterocycles. The Balaban J connectivity index is 1.93. The number of halogens is 1. The molecule has 0 bridgehead atoms. The molecule has 0 aliphatic heterocycles. The second-order valence-electron chi connectivity index (χ2n) is 3.85. The standard InChI is InChI=1S/C13H13ClN2OS/c1-9(12-6-3-7-18-12)15-13(17)16-11-5-2-4-10(14)8-11/h2-9H,1H3,(H2,15,16,17). The number of nitrogens with one attached hydrogen (secondary N) is 2. The quantitative estimate of drug-likeness (QED) is 0.865. The molecule has 2 rings (SSSR count). The molecule has 0 aliphatic carbocycles. The van der Waals surface area contributed by atoms with Gasteiger partial charge in [-0.2, -0.15) is 0 Å². The third-order valence-electron chi connectivity index (χ3n) is 2.40. The maximum atomic E-state index is 11.8. The average Bonchev–Trinajstić information content (AvgIpc) is 2.81. The van der Waals surface area contributed by atoms with E-state index in [9.17, 15) is 4.79 Å². The summed E-state index contributed by atoms with van der Waals surface area (Å²) in [6, 6.07) is 10.8. The van der Waals surface area contributed by atoms with Crippen LogP contribution in [0.2, 0.25) is 5.02 Å². The van der Waals surface area contributed by atoms with Crippen LogP contribution in [0.15, 0.2) is 41.8 Å². The number of urea groups is 1. The molecule has 1 aromatic carbocycles. The lowest BCUT2D eigenvalue weighted by Crippen LogP contribution is -2.30. The second-order valence-corrected chi connectivity index (χ2v) is 5.26. The zero-order valence-electron chi connectivity index (χ0n) is 9.81. The minimum absolute atomic E-state index is 0.0100. The molecule has 94 valence electrons. The largest absolute Gasteiger partial charge is 0.331 e. The van der Waals surface area contributed by atoms with E-state index in [1.54, 1.807) is 35.6 Å². The summed E-state index contributed by atoms with van der Waals surface area (Å²) >= 11 is 7.46. The lowest BCUT2D eigenvalue weighted by atomic mass is 10.3. The smallest absolute Gasteiger partial charge is 0.319 e. The van der Waals surface area contributed by atoms with Crippen molar-refractivity contribution in [2.24, 2.45) is 0 Å². The van der Waals surface area contributed by atoms with E-state index < -0.39 is 0 Å². The van der Waals surface area contributed by atoms with Crippen LogP contribution in [0, 0.1) is 0 Å². The van der Waals surface area contributed by atoms with Gasteiger partial charge in [0.05, 0.1) is 6.04 Å². The molecular formula is C13H13ClN2OS. The number of thiophene rings is 1. The van der Waals surface area contributed by atoms with E-state index in [1.807, 2.05) is 24.4 Å². The molecule has 0 spiro atoms. The van der Waals surface area contributed by atoms with Gasteiger partial charge in [0.25, 0.3) is 0 Å². The van der Waals surface area contributed by atoms with E-state index in [4.69, 9.17) is 11.6 Å². The van der Waals surface area contributed by atoms with Crippen LogP contribution in [0.1, 0.15) is 17.8 Å². The maximum Gasteiger partial charge on any atom is 0.319 e. The van der Waals surface area contributed by atoms with E-state index in [0.717, 1.165) is 4.88 Å². The van der Waals surface area contributed by atoms with Gasteiger partial charge in [0, 0.05) is 15.6 Å². The van der Waals surface area contributed by atoms with Crippen LogP contribution < -0.4 is 10.6 Å². The molecule has 1 atom stereocenters. The van der Waals surface area contributed by atoms with Crippen molar-refractivity contribution in [2.75, 3.05) is 5.32 Å². The molecule has 0 aliphatic rings. The molecule has 1 unspecified atom stereocenters. The van der Waals surface area contributed by atoms with E-state index in [2.05, 4.69) is 10.6 Å². The molecule has 0 fully saturated rings. The SMILES string of the molecule is CC(NC(=O)Nc1cccc(Cl)c1)c1cccs1. The summed E-state index contributed by atoms with van der Waals surface area (Å²) < 4.78 is 0. The molecule has 1 heterocycles. The number of carbonyl (C=O) groups is 1. The van der Waals surface area contributed by atoms with Crippen molar-refractivity contribution < 1.29 is 4.79 Å². The van der Waals surface area contributed by atoms with Gasteiger partial charge in [-0.25, -0.2) is 4.79 Å². The molecule has 0 radical (unpaired) electrons. The summed E-state index contributed by atoms with van der Waals surface area (Å²) in [6.07, 6.45) is 0. The highest BCUT2D eigenvalue weighted by molar-refractivity contribution is 7.10.